The maximum atomic E-state index is 12.1. The summed E-state index contributed by atoms with van der Waals surface area (Å²) in [5.74, 6) is 2.67. The average Bonchev–Trinajstić information content (AvgIpc) is 3.38. The molecule has 1 saturated heterocycles. The molecule has 1 aliphatic heterocycles. The number of hydrogen-bond acceptors (Lipinski definition) is 4. The molecule has 1 atom stereocenters. The van der Waals surface area contributed by atoms with E-state index in [1.807, 2.05) is 47.4 Å². The molecule has 1 aliphatic rings. The number of likely N-dealkylation sites (tertiary alicyclic amines) is 1. The molecule has 2 heterocycles. The van der Waals surface area contributed by atoms with Gasteiger partial charge in [-0.2, -0.15) is 0 Å². The number of rotatable bonds is 8. The lowest BCUT2D eigenvalue weighted by atomic mass is 10.2. The molecule has 0 unspecified atom stereocenters. The van der Waals surface area contributed by atoms with Gasteiger partial charge in [0.15, 0.2) is 11.5 Å². The van der Waals surface area contributed by atoms with Crippen LogP contribution >= 0.6 is 0 Å². The van der Waals surface area contributed by atoms with Gasteiger partial charge in [0.1, 0.15) is 5.82 Å². The van der Waals surface area contributed by atoms with E-state index in [4.69, 9.17) is 14.5 Å². The minimum atomic E-state index is 0.0692. The molecule has 1 fully saturated rings. The molecule has 6 heteroatoms. The molecule has 0 saturated carbocycles. The molecule has 3 aromatic rings. The standard InChI is InChI=1S/C24H29N3O3/c1-18(28)26-16-9-12-21(26)24-25-19-10-3-4-11-20(19)27(24)15-7-8-17-30-23-14-6-5-13-22(23)29-2/h3-6,10-11,13-14,21H,7-9,12,15-17H2,1-2H3/t21-/m1/s1. The maximum absolute atomic E-state index is 12.1. The third-order valence-electron chi connectivity index (χ3n) is 5.74. The summed E-state index contributed by atoms with van der Waals surface area (Å²) in [4.78, 5) is 19.0. The number of nitrogens with zero attached hydrogens (tertiary/aromatic N) is 3. The van der Waals surface area contributed by atoms with Crippen molar-refractivity contribution in [1.82, 2.24) is 14.5 Å². The summed E-state index contributed by atoms with van der Waals surface area (Å²) in [6.07, 6.45) is 3.89. The molecule has 0 radical (unpaired) electrons. The highest BCUT2D eigenvalue weighted by Gasteiger charge is 2.31. The van der Waals surface area contributed by atoms with E-state index in [-0.39, 0.29) is 11.9 Å². The third kappa shape index (κ3) is 4.13. The summed E-state index contributed by atoms with van der Waals surface area (Å²) < 4.78 is 13.5. The van der Waals surface area contributed by atoms with Gasteiger partial charge in [-0.15, -0.1) is 0 Å². The Hall–Kier alpha value is -3.02. The summed E-state index contributed by atoms with van der Waals surface area (Å²) in [6.45, 7) is 3.95. The number of aryl methyl sites for hydroxylation is 1. The lowest BCUT2D eigenvalue weighted by molar-refractivity contribution is -0.129. The van der Waals surface area contributed by atoms with Gasteiger partial charge >= 0.3 is 0 Å². The van der Waals surface area contributed by atoms with E-state index in [1.54, 1.807) is 14.0 Å². The smallest absolute Gasteiger partial charge is 0.220 e. The Morgan fingerprint density at radius 1 is 1.10 bits per heavy atom. The number of para-hydroxylation sites is 4. The van der Waals surface area contributed by atoms with Crippen LogP contribution in [0.3, 0.4) is 0 Å². The maximum Gasteiger partial charge on any atom is 0.220 e. The van der Waals surface area contributed by atoms with Gasteiger partial charge in [0.2, 0.25) is 5.91 Å². The van der Waals surface area contributed by atoms with Crippen LogP contribution in [-0.2, 0) is 11.3 Å². The Morgan fingerprint density at radius 2 is 1.87 bits per heavy atom. The van der Waals surface area contributed by atoms with Crippen LogP contribution in [-0.4, -0.2) is 40.6 Å². The summed E-state index contributed by atoms with van der Waals surface area (Å²) in [6, 6.07) is 16.0. The number of imidazole rings is 1. The molecule has 0 aliphatic carbocycles. The fourth-order valence-electron chi connectivity index (χ4n) is 4.29. The molecule has 0 N–H and O–H groups in total. The van der Waals surface area contributed by atoms with Crippen LogP contribution in [0.5, 0.6) is 11.5 Å². The summed E-state index contributed by atoms with van der Waals surface area (Å²) in [7, 11) is 1.65. The van der Waals surface area contributed by atoms with Crippen molar-refractivity contribution in [3.63, 3.8) is 0 Å². The van der Waals surface area contributed by atoms with Crippen molar-refractivity contribution in [2.75, 3.05) is 20.3 Å². The number of fused-ring (bicyclic) bond motifs is 1. The summed E-state index contributed by atoms with van der Waals surface area (Å²) in [5.41, 5.74) is 2.13. The Bertz CT molecular complexity index is 1010. The SMILES string of the molecule is COc1ccccc1OCCCCn1c([C@H]2CCCN2C(C)=O)nc2ccccc21. The highest BCUT2D eigenvalue weighted by Crippen LogP contribution is 2.33. The zero-order chi connectivity index (χ0) is 20.9. The predicted octanol–water partition coefficient (Wildman–Crippen LogP) is 4.59. The molecular formula is C24H29N3O3. The van der Waals surface area contributed by atoms with Crippen LogP contribution in [0.15, 0.2) is 48.5 Å². The number of unbranched alkanes of at least 4 members (excludes halogenated alkanes) is 1. The van der Waals surface area contributed by atoms with Gasteiger partial charge in [0.05, 0.1) is 30.8 Å². The first kappa shape index (κ1) is 20.3. The second-order valence-corrected chi connectivity index (χ2v) is 7.69. The van der Waals surface area contributed by atoms with Crippen LogP contribution in [0.1, 0.15) is 44.5 Å². The number of methoxy groups -OCH3 is 1. The van der Waals surface area contributed by atoms with Gasteiger partial charge < -0.3 is 18.9 Å². The van der Waals surface area contributed by atoms with Crippen molar-refractivity contribution in [3.8, 4) is 11.5 Å². The predicted molar refractivity (Wildman–Crippen MR) is 117 cm³/mol. The van der Waals surface area contributed by atoms with Crippen molar-refractivity contribution in [1.29, 1.82) is 0 Å². The first-order valence-corrected chi connectivity index (χ1v) is 10.7. The van der Waals surface area contributed by atoms with Gasteiger partial charge in [-0.1, -0.05) is 24.3 Å². The molecule has 158 valence electrons. The van der Waals surface area contributed by atoms with Crippen LogP contribution in [0.25, 0.3) is 11.0 Å². The fourth-order valence-corrected chi connectivity index (χ4v) is 4.29. The first-order chi connectivity index (χ1) is 14.7. The van der Waals surface area contributed by atoms with E-state index < -0.39 is 0 Å². The van der Waals surface area contributed by atoms with Crippen LogP contribution < -0.4 is 9.47 Å². The Kier molecular flexibility index (Phi) is 6.21. The Balaban J connectivity index is 1.45. The first-order valence-electron chi connectivity index (χ1n) is 10.7. The second-order valence-electron chi connectivity index (χ2n) is 7.69. The minimum absolute atomic E-state index is 0.0692. The zero-order valence-electron chi connectivity index (χ0n) is 17.7. The lowest BCUT2D eigenvalue weighted by Crippen LogP contribution is -2.30. The van der Waals surface area contributed by atoms with Crippen molar-refractivity contribution in [2.24, 2.45) is 0 Å². The van der Waals surface area contributed by atoms with E-state index in [9.17, 15) is 4.79 Å². The fraction of sp³-hybridized carbons (Fsp3) is 0.417. The Morgan fingerprint density at radius 3 is 2.67 bits per heavy atom. The van der Waals surface area contributed by atoms with Crippen molar-refractivity contribution in [2.45, 2.75) is 45.2 Å². The molecule has 30 heavy (non-hydrogen) atoms. The molecule has 0 spiro atoms. The number of carbonyl (C=O) groups is 1. The van der Waals surface area contributed by atoms with Crippen molar-refractivity contribution in [3.05, 3.63) is 54.4 Å². The number of hydrogen-bond donors (Lipinski definition) is 0. The zero-order valence-corrected chi connectivity index (χ0v) is 17.7. The van der Waals surface area contributed by atoms with Crippen molar-refractivity contribution >= 4 is 16.9 Å². The number of amides is 1. The largest absolute Gasteiger partial charge is 0.493 e. The van der Waals surface area contributed by atoms with Gasteiger partial charge in [0.25, 0.3) is 0 Å². The minimum Gasteiger partial charge on any atom is -0.493 e. The van der Waals surface area contributed by atoms with Gasteiger partial charge in [-0.25, -0.2) is 4.98 Å². The van der Waals surface area contributed by atoms with E-state index in [2.05, 4.69) is 10.6 Å². The quantitative estimate of drug-likeness (QED) is 0.513. The topological polar surface area (TPSA) is 56.6 Å². The highest BCUT2D eigenvalue weighted by atomic mass is 16.5. The number of carbonyl (C=O) groups excluding carboxylic acids is 1. The van der Waals surface area contributed by atoms with Crippen LogP contribution in [0, 0.1) is 0 Å². The van der Waals surface area contributed by atoms with Crippen LogP contribution in [0.4, 0.5) is 0 Å². The molecule has 1 amide bonds. The molecule has 2 aromatic carbocycles. The molecule has 1 aromatic heterocycles. The molecule has 4 rings (SSSR count). The van der Waals surface area contributed by atoms with Gasteiger partial charge in [-0.05, 0) is 49.9 Å². The summed E-state index contributed by atoms with van der Waals surface area (Å²) >= 11 is 0. The highest BCUT2D eigenvalue weighted by molar-refractivity contribution is 5.77. The monoisotopic (exact) mass is 407 g/mol. The van der Waals surface area contributed by atoms with Crippen LogP contribution in [0.2, 0.25) is 0 Å². The third-order valence-corrected chi connectivity index (χ3v) is 5.74. The Labute approximate surface area is 177 Å². The molecule has 0 bridgehead atoms. The number of aromatic nitrogens is 2. The van der Waals surface area contributed by atoms with Gasteiger partial charge in [0, 0.05) is 20.0 Å². The number of benzene rings is 2. The van der Waals surface area contributed by atoms with Gasteiger partial charge in [-0.3, -0.25) is 4.79 Å². The molecule has 6 nitrogen and oxygen atoms in total. The van der Waals surface area contributed by atoms with Crippen molar-refractivity contribution < 1.29 is 14.3 Å². The molecular weight excluding hydrogens is 378 g/mol. The average molecular weight is 408 g/mol. The number of ether oxygens (including phenoxy) is 2. The second kappa shape index (κ2) is 9.20. The summed E-state index contributed by atoms with van der Waals surface area (Å²) in [5, 5.41) is 0. The van der Waals surface area contributed by atoms with E-state index in [0.717, 1.165) is 67.1 Å². The van der Waals surface area contributed by atoms with E-state index in [1.165, 1.54) is 0 Å². The van der Waals surface area contributed by atoms with E-state index in [0.29, 0.717) is 6.61 Å². The normalized spacial score (nSPS) is 16.2. The lowest BCUT2D eigenvalue weighted by Gasteiger charge is -2.24. The van der Waals surface area contributed by atoms with E-state index >= 15 is 0 Å².